The predicted molar refractivity (Wildman–Crippen MR) is 125 cm³/mol. The van der Waals surface area contributed by atoms with Crippen molar-refractivity contribution in [3.8, 4) is 11.1 Å². The molecule has 0 radical (unpaired) electrons. The lowest BCUT2D eigenvalue weighted by Crippen LogP contribution is -2.26. The molecule has 15 heteroatoms. The molecule has 0 saturated heterocycles. The molecule has 1 heterocycles. The van der Waals surface area contributed by atoms with E-state index in [0.29, 0.717) is 16.1 Å². The quantitative estimate of drug-likeness (QED) is 0.0890. The first-order valence-electron chi connectivity index (χ1n) is 8.90. The zero-order chi connectivity index (χ0) is 24.3. The van der Waals surface area contributed by atoms with Crippen LogP contribution in [-0.4, -0.2) is 40.0 Å². The fourth-order valence-electron chi connectivity index (χ4n) is 3.15. The van der Waals surface area contributed by atoms with Crippen LogP contribution in [0, 0.1) is 5.41 Å². The molecule has 0 atom stereocenters. The van der Waals surface area contributed by atoms with Crippen LogP contribution in [0.4, 0.5) is 0 Å². The molecule has 3 rings (SSSR count). The van der Waals surface area contributed by atoms with Crippen LogP contribution in [0.15, 0.2) is 40.1 Å². The zero-order valence-corrected chi connectivity index (χ0v) is 19.2. The summed E-state index contributed by atoms with van der Waals surface area (Å²) >= 11 is 1.37. The van der Waals surface area contributed by atoms with E-state index in [1.54, 1.807) is 12.1 Å². The molecular weight excluding hydrogens is 476 g/mol. The summed E-state index contributed by atoms with van der Waals surface area (Å²) in [5, 5.41) is 14.0. The van der Waals surface area contributed by atoms with Gasteiger partial charge in [-0.2, -0.15) is 0 Å². The number of nitrogen functional groups attached to an aromatic ring is 1. The highest BCUT2D eigenvalue weighted by atomic mass is 32.2. The molecule has 0 fully saturated rings. The molecule has 2 aromatic carbocycles. The van der Waals surface area contributed by atoms with Gasteiger partial charge >= 0.3 is 0 Å². The fraction of sp³-hybridized carbons (Fsp3) is 0.176. The van der Waals surface area contributed by atoms with E-state index in [-0.39, 0.29) is 24.2 Å². The Kier molecular flexibility index (Phi) is 8.02. The lowest BCUT2D eigenvalue weighted by molar-refractivity contribution is 0.583. The number of hydrogen-bond acceptors (Lipinski definition) is 11. The molecule has 0 spiro atoms. The number of rotatable bonds is 7. The predicted octanol–water partition coefficient (Wildman–Crippen LogP) is -1.10. The first-order chi connectivity index (χ1) is 15.0. The molecule has 0 unspecified atom stereocenters. The van der Waals surface area contributed by atoms with Crippen LogP contribution in [0.5, 0.6) is 0 Å². The van der Waals surface area contributed by atoms with Crippen LogP contribution in [0.2, 0.25) is 0 Å². The van der Waals surface area contributed by atoms with Crippen LogP contribution in [0.3, 0.4) is 0 Å². The largest absolute Gasteiger partial charge is 0.384 e. The summed E-state index contributed by atoms with van der Waals surface area (Å²) in [5.74, 6) is 6.86. The lowest BCUT2D eigenvalue weighted by Gasteiger charge is -2.17. The molecule has 13 N–H and O–H groups in total. The van der Waals surface area contributed by atoms with Crippen molar-refractivity contribution >= 4 is 47.2 Å². The zero-order valence-electron chi connectivity index (χ0n) is 16.8. The molecule has 174 valence electrons. The standard InChI is InChI=1S/C17H20N6O4S3.H4N2/c18-6-7-29(24,25)12-5-4-9(14(17(20)21)16(12)30(22,26)27)10-2-1-3-11-15(10)23-13(8-19)28-11;1-2/h1-5H,6-8,18-19H2,(H3,20,21)(H2,22,26,27);1-2H2. The van der Waals surface area contributed by atoms with Gasteiger partial charge in [-0.15, -0.1) is 11.3 Å². The molecule has 0 aliphatic heterocycles. The van der Waals surface area contributed by atoms with Crippen molar-refractivity contribution in [2.45, 2.75) is 16.3 Å². The Labute approximate surface area is 189 Å². The number of hydrogen-bond donors (Lipinski definition) is 7. The number of sulfone groups is 1. The number of nitrogens with zero attached hydrogens (tertiary/aromatic N) is 1. The summed E-state index contributed by atoms with van der Waals surface area (Å²) in [6.45, 7) is 0.000592. The van der Waals surface area contributed by atoms with Crippen molar-refractivity contribution in [3.05, 3.63) is 40.9 Å². The Bertz CT molecular complexity index is 1370. The summed E-state index contributed by atoms with van der Waals surface area (Å²) < 4.78 is 50.9. The van der Waals surface area contributed by atoms with Crippen LogP contribution in [0.25, 0.3) is 21.3 Å². The highest BCUT2D eigenvalue weighted by Crippen LogP contribution is 2.37. The summed E-state index contributed by atoms with van der Waals surface area (Å²) in [4.78, 5) is 3.19. The number of sulfonamides is 1. The second kappa shape index (κ2) is 9.97. The van der Waals surface area contributed by atoms with E-state index in [1.807, 2.05) is 6.07 Å². The molecule has 0 saturated carbocycles. The second-order valence-electron chi connectivity index (χ2n) is 6.35. The average Bonchev–Trinajstić information content (AvgIpc) is 3.17. The highest BCUT2D eigenvalue weighted by molar-refractivity contribution is 7.93. The Morgan fingerprint density at radius 2 is 1.69 bits per heavy atom. The van der Waals surface area contributed by atoms with Crippen molar-refractivity contribution < 1.29 is 16.8 Å². The maximum Gasteiger partial charge on any atom is 0.240 e. The van der Waals surface area contributed by atoms with Crippen LogP contribution in [0.1, 0.15) is 10.6 Å². The summed E-state index contributed by atoms with van der Waals surface area (Å²) in [5.41, 5.74) is 17.7. The first kappa shape index (κ1) is 25.8. The van der Waals surface area contributed by atoms with Crippen LogP contribution < -0.4 is 34.0 Å². The number of benzene rings is 2. The Morgan fingerprint density at radius 3 is 2.22 bits per heavy atom. The fourth-order valence-corrected chi connectivity index (χ4v) is 6.79. The van der Waals surface area contributed by atoms with Crippen LogP contribution >= 0.6 is 11.3 Å². The van der Waals surface area contributed by atoms with E-state index in [9.17, 15) is 16.8 Å². The van der Waals surface area contributed by atoms with E-state index in [4.69, 9.17) is 27.7 Å². The van der Waals surface area contributed by atoms with Gasteiger partial charge in [-0.1, -0.05) is 18.2 Å². The van der Waals surface area contributed by atoms with Gasteiger partial charge in [-0.3, -0.25) is 17.1 Å². The molecule has 32 heavy (non-hydrogen) atoms. The molecule has 3 aromatic rings. The number of fused-ring (bicyclic) bond motifs is 1. The third kappa shape index (κ3) is 4.94. The number of primary sulfonamides is 1. The van der Waals surface area contributed by atoms with Gasteiger partial charge in [0.25, 0.3) is 0 Å². The number of para-hydroxylation sites is 1. The van der Waals surface area contributed by atoms with Crippen molar-refractivity contribution in [3.63, 3.8) is 0 Å². The first-order valence-corrected chi connectivity index (χ1v) is 12.9. The van der Waals surface area contributed by atoms with Crippen molar-refractivity contribution in [2.24, 2.45) is 34.0 Å². The minimum absolute atomic E-state index is 0.219. The number of hydrazine groups is 1. The number of nitrogens with one attached hydrogen (secondary N) is 1. The Morgan fingerprint density at radius 1 is 1.03 bits per heavy atom. The van der Waals surface area contributed by atoms with Gasteiger partial charge in [-0.05, 0) is 17.7 Å². The normalized spacial score (nSPS) is 11.8. The number of aromatic nitrogens is 1. The minimum Gasteiger partial charge on any atom is -0.384 e. The molecule has 0 bridgehead atoms. The van der Waals surface area contributed by atoms with Gasteiger partial charge in [0, 0.05) is 24.2 Å². The topological polar surface area (TPSA) is 261 Å². The van der Waals surface area contributed by atoms with E-state index in [1.165, 1.54) is 17.4 Å². The third-order valence-corrected chi connectivity index (χ3v) is 8.27. The maximum atomic E-state index is 12.6. The lowest BCUT2D eigenvalue weighted by atomic mass is 9.98. The smallest absolute Gasteiger partial charge is 0.240 e. The van der Waals surface area contributed by atoms with E-state index in [0.717, 1.165) is 10.8 Å². The molecule has 1 aromatic heterocycles. The summed E-state index contributed by atoms with van der Waals surface area (Å²) in [6, 6.07) is 7.76. The minimum atomic E-state index is -4.57. The molecule has 0 amide bonds. The SMILES string of the molecule is N=C(N)c1c(-c2cccc3sc(CN)nc23)ccc(S(=O)(=O)CCN)c1S(N)(=O)=O.NN. The summed E-state index contributed by atoms with van der Waals surface area (Å²) in [7, 11) is -8.66. The summed E-state index contributed by atoms with van der Waals surface area (Å²) in [6.07, 6.45) is 0. The molecule has 0 aliphatic carbocycles. The van der Waals surface area contributed by atoms with Crippen LogP contribution in [-0.2, 0) is 26.4 Å². The number of amidine groups is 1. The molecule has 12 nitrogen and oxygen atoms in total. The van der Waals surface area contributed by atoms with Gasteiger partial charge in [0.2, 0.25) is 10.0 Å². The highest BCUT2D eigenvalue weighted by Gasteiger charge is 2.31. The Balaban J connectivity index is 0.00000176. The Hall–Kier alpha value is -2.50. The van der Waals surface area contributed by atoms with Gasteiger partial charge in [0.05, 0.1) is 20.9 Å². The molecular formula is C17H24N8O4S3. The van der Waals surface area contributed by atoms with Gasteiger partial charge in [0.1, 0.15) is 15.7 Å². The maximum absolute atomic E-state index is 12.6. The van der Waals surface area contributed by atoms with Crippen molar-refractivity contribution in [1.29, 1.82) is 5.41 Å². The van der Waals surface area contributed by atoms with Crippen molar-refractivity contribution in [2.75, 3.05) is 12.3 Å². The van der Waals surface area contributed by atoms with E-state index in [2.05, 4.69) is 16.7 Å². The molecule has 0 aliphatic rings. The number of nitrogens with two attached hydrogens (primary N) is 6. The monoisotopic (exact) mass is 500 g/mol. The van der Waals surface area contributed by atoms with E-state index < -0.39 is 41.2 Å². The van der Waals surface area contributed by atoms with Crippen molar-refractivity contribution in [1.82, 2.24) is 4.98 Å². The number of thiazole rings is 1. The second-order valence-corrected chi connectivity index (χ2v) is 11.0. The van der Waals surface area contributed by atoms with Gasteiger partial charge in [0.15, 0.2) is 9.84 Å². The van der Waals surface area contributed by atoms with E-state index >= 15 is 0 Å². The average molecular weight is 501 g/mol. The van der Waals surface area contributed by atoms with Gasteiger partial charge in [-0.25, -0.2) is 27.0 Å². The van der Waals surface area contributed by atoms with Gasteiger partial charge < -0.3 is 17.2 Å². The third-order valence-electron chi connectivity index (χ3n) is 4.33.